The first-order valence-corrected chi connectivity index (χ1v) is 7.61. The molecular formula is C14H15BrClN3O4. The van der Waals surface area contributed by atoms with Gasteiger partial charge in [-0.1, -0.05) is 0 Å². The van der Waals surface area contributed by atoms with E-state index in [1.165, 1.54) is 4.90 Å². The predicted octanol–water partition coefficient (Wildman–Crippen LogP) is 2.26. The first-order chi connectivity index (χ1) is 10.5. The Balaban J connectivity index is 0.00000192. The monoisotopic (exact) mass is 403 g/mol. The van der Waals surface area contributed by atoms with Crippen LogP contribution in [0.5, 0.6) is 0 Å². The lowest BCUT2D eigenvalue weighted by Crippen LogP contribution is -2.29. The molecule has 0 saturated carbocycles. The van der Waals surface area contributed by atoms with Gasteiger partial charge in [-0.15, -0.1) is 12.4 Å². The van der Waals surface area contributed by atoms with Crippen LogP contribution in [0.4, 0.5) is 0 Å². The van der Waals surface area contributed by atoms with Gasteiger partial charge in [-0.3, -0.25) is 14.3 Å². The van der Waals surface area contributed by atoms with E-state index in [1.807, 2.05) is 6.20 Å². The number of hydrogen-bond acceptors (Lipinski definition) is 4. The molecule has 124 valence electrons. The largest absolute Gasteiger partial charge is 0.481 e. The first-order valence-electron chi connectivity index (χ1n) is 6.81. The maximum absolute atomic E-state index is 12.3. The summed E-state index contributed by atoms with van der Waals surface area (Å²) in [5, 5.41) is 13.1. The summed E-state index contributed by atoms with van der Waals surface area (Å²) in [5.41, 5.74) is 0. The summed E-state index contributed by atoms with van der Waals surface area (Å²) in [5.74, 6) is -0.767. The van der Waals surface area contributed by atoms with Crippen molar-refractivity contribution in [1.82, 2.24) is 14.7 Å². The second-order valence-corrected chi connectivity index (χ2v) is 6.11. The quantitative estimate of drug-likeness (QED) is 0.844. The van der Waals surface area contributed by atoms with Gasteiger partial charge in [-0.2, -0.15) is 5.10 Å². The van der Waals surface area contributed by atoms with Crippen LogP contribution in [0.3, 0.4) is 0 Å². The maximum atomic E-state index is 12.3. The number of likely N-dealkylation sites (tertiary alicyclic amines) is 1. The molecule has 1 atom stereocenters. The number of aromatic nitrogens is 2. The summed E-state index contributed by atoms with van der Waals surface area (Å²) in [6.45, 7) is 1.10. The molecule has 0 aromatic carbocycles. The third-order valence-electron chi connectivity index (χ3n) is 3.62. The molecule has 1 saturated heterocycles. The molecule has 23 heavy (non-hydrogen) atoms. The van der Waals surface area contributed by atoms with Crippen molar-refractivity contribution in [1.29, 1.82) is 0 Å². The van der Waals surface area contributed by atoms with Gasteiger partial charge in [0.1, 0.15) is 5.76 Å². The third-order valence-corrected chi connectivity index (χ3v) is 4.03. The van der Waals surface area contributed by atoms with Gasteiger partial charge in [-0.25, -0.2) is 0 Å². The van der Waals surface area contributed by atoms with Gasteiger partial charge in [-0.05, 0) is 34.5 Å². The first kappa shape index (κ1) is 17.6. The number of carboxylic acid groups (broad SMARTS) is 1. The summed E-state index contributed by atoms with van der Waals surface area (Å²) in [6.07, 6.45) is 3.96. The Bertz CT molecular complexity index is 714. The lowest BCUT2D eigenvalue weighted by Gasteiger charge is -2.13. The fraction of sp³-hybridized carbons (Fsp3) is 0.357. The molecule has 2 aromatic heterocycles. The second kappa shape index (κ2) is 7.18. The molecule has 1 N–H and O–H groups in total. The molecule has 3 rings (SSSR count). The number of rotatable bonds is 4. The van der Waals surface area contributed by atoms with Crippen molar-refractivity contribution >= 4 is 40.2 Å². The van der Waals surface area contributed by atoms with Crippen LogP contribution >= 0.6 is 28.3 Å². The van der Waals surface area contributed by atoms with Crippen molar-refractivity contribution < 1.29 is 19.1 Å². The van der Waals surface area contributed by atoms with Crippen LogP contribution in [0.25, 0.3) is 0 Å². The Labute approximate surface area is 146 Å². The highest BCUT2D eigenvalue weighted by atomic mass is 79.9. The summed E-state index contributed by atoms with van der Waals surface area (Å²) in [6, 6.07) is 3.35. The average Bonchev–Trinajstić information content (AvgIpc) is 3.19. The standard InChI is InChI=1S/C14H14BrN3O4.ClH/c15-10-5-16-18(7-10)8-11-1-2-12(22-11)13(19)17-4-3-9(6-17)14(20)21;/h1-2,5,7,9H,3-4,6,8H2,(H,20,21);1H. The van der Waals surface area contributed by atoms with Gasteiger partial charge < -0.3 is 14.4 Å². The van der Waals surface area contributed by atoms with E-state index < -0.39 is 11.9 Å². The Kier molecular flexibility index (Phi) is 5.48. The number of aliphatic carboxylic acids is 1. The number of furan rings is 1. The Hall–Kier alpha value is -1.80. The van der Waals surface area contributed by atoms with Gasteiger partial charge in [0.15, 0.2) is 5.76 Å². The minimum absolute atomic E-state index is 0. The molecule has 1 unspecified atom stereocenters. The molecule has 0 spiro atoms. The van der Waals surface area contributed by atoms with Crippen molar-refractivity contribution in [2.75, 3.05) is 13.1 Å². The highest BCUT2D eigenvalue weighted by Gasteiger charge is 2.32. The van der Waals surface area contributed by atoms with Crippen LogP contribution in [0, 0.1) is 5.92 Å². The summed E-state index contributed by atoms with van der Waals surface area (Å²) < 4.78 is 8.11. The van der Waals surface area contributed by atoms with Crippen LogP contribution in [-0.4, -0.2) is 44.8 Å². The Morgan fingerprint density at radius 3 is 2.83 bits per heavy atom. The lowest BCUT2D eigenvalue weighted by atomic mass is 10.1. The van der Waals surface area contributed by atoms with E-state index in [0.717, 1.165) is 4.47 Å². The number of amides is 1. The second-order valence-electron chi connectivity index (χ2n) is 5.20. The lowest BCUT2D eigenvalue weighted by molar-refractivity contribution is -0.141. The minimum atomic E-state index is -0.861. The smallest absolute Gasteiger partial charge is 0.308 e. The molecular weight excluding hydrogens is 390 g/mol. The molecule has 1 fully saturated rings. The van der Waals surface area contributed by atoms with Gasteiger partial charge >= 0.3 is 5.97 Å². The zero-order chi connectivity index (χ0) is 15.7. The Morgan fingerprint density at radius 1 is 1.43 bits per heavy atom. The van der Waals surface area contributed by atoms with E-state index >= 15 is 0 Å². The molecule has 0 aliphatic carbocycles. The number of halogens is 2. The molecule has 7 nitrogen and oxygen atoms in total. The molecule has 0 bridgehead atoms. The van der Waals surface area contributed by atoms with Crippen molar-refractivity contribution in [3.63, 3.8) is 0 Å². The van der Waals surface area contributed by atoms with E-state index in [2.05, 4.69) is 21.0 Å². The third kappa shape index (κ3) is 3.94. The topological polar surface area (TPSA) is 88.6 Å². The predicted molar refractivity (Wildman–Crippen MR) is 86.6 cm³/mol. The van der Waals surface area contributed by atoms with Gasteiger partial charge in [0.25, 0.3) is 5.91 Å². The highest BCUT2D eigenvalue weighted by molar-refractivity contribution is 9.10. The van der Waals surface area contributed by atoms with Crippen molar-refractivity contribution in [2.45, 2.75) is 13.0 Å². The van der Waals surface area contributed by atoms with E-state index in [9.17, 15) is 9.59 Å². The number of hydrogen-bond donors (Lipinski definition) is 1. The normalized spacial score (nSPS) is 17.1. The zero-order valence-electron chi connectivity index (χ0n) is 12.0. The maximum Gasteiger partial charge on any atom is 0.308 e. The molecule has 9 heteroatoms. The van der Waals surface area contributed by atoms with E-state index in [1.54, 1.807) is 23.0 Å². The fourth-order valence-electron chi connectivity index (χ4n) is 2.46. The van der Waals surface area contributed by atoms with Gasteiger partial charge in [0.05, 0.1) is 23.1 Å². The fourth-order valence-corrected chi connectivity index (χ4v) is 2.79. The van der Waals surface area contributed by atoms with E-state index in [4.69, 9.17) is 9.52 Å². The van der Waals surface area contributed by atoms with E-state index in [0.29, 0.717) is 25.3 Å². The van der Waals surface area contributed by atoms with Gasteiger partial charge in [0.2, 0.25) is 0 Å². The van der Waals surface area contributed by atoms with Crippen LogP contribution in [0.1, 0.15) is 22.7 Å². The van der Waals surface area contributed by atoms with E-state index in [-0.39, 0.29) is 30.6 Å². The van der Waals surface area contributed by atoms with Crippen LogP contribution in [-0.2, 0) is 11.3 Å². The van der Waals surface area contributed by atoms with Crippen molar-refractivity contribution in [3.05, 3.63) is 40.5 Å². The van der Waals surface area contributed by atoms with Crippen LogP contribution in [0.15, 0.2) is 33.4 Å². The minimum Gasteiger partial charge on any atom is -0.481 e. The summed E-state index contributed by atoms with van der Waals surface area (Å²) >= 11 is 3.31. The molecule has 1 aliphatic heterocycles. The number of carbonyl (C=O) groups excluding carboxylic acids is 1. The number of carbonyl (C=O) groups is 2. The molecule has 1 amide bonds. The molecule has 0 radical (unpaired) electrons. The number of nitrogens with zero attached hydrogens (tertiary/aromatic N) is 3. The van der Waals surface area contributed by atoms with Crippen LogP contribution < -0.4 is 0 Å². The average molecular weight is 405 g/mol. The number of carboxylic acids is 1. The SMILES string of the molecule is Cl.O=C(O)C1CCN(C(=O)c2ccc(Cn3cc(Br)cn3)o2)C1. The summed E-state index contributed by atoms with van der Waals surface area (Å²) in [4.78, 5) is 24.8. The molecule has 3 heterocycles. The Morgan fingerprint density at radius 2 is 2.22 bits per heavy atom. The van der Waals surface area contributed by atoms with Crippen molar-refractivity contribution in [2.24, 2.45) is 5.92 Å². The zero-order valence-corrected chi connectivity index (χ0v) is 14.4. The van der Waals surface area contributed by atoms with Gasteiger partial charge in [0, 0.05) is 19.3 Å². The summed E-state index contributed by atoms with van der Waals surface area (Å²) in [7, 11) is 0. The highest BCUT2D eigenvalue weighted by Crippen LogP contribution is 2.20. The van der Waals surface area contributed by atoms with Crippen molar-refractivity contribution in [3.8, 4) is 0 Å². The molecule has 1 aliphatic rings. The molecule has 2 aromatic rings. The van der Waals surface area contributed by atoms with Crippen LogP contribution in [0.2, 0.25) is 0 Å².